The summed E-state index contributed by atoms with van der Waals surface area (Å²) in [5.74, 6) is -0.100. The van der Waals surface area contributed by atoms with Crippen molar-refractivity contribution in [2.75, 3.05) is 37.4 Å². The molecule has 0 spiro atoms. The SMILES string of the molecule is O=C(CSc1ncn(-c2ccccc2)n1)Nc1ccc(S(=O)(=O)N2CCOCC2)cc1. The predicted molar refractivity (Wildman–Crippen MR) is 117 cm³/mol. The van der Waals surface area contributed by atoms with Gasteiger partial charge in [-0.15, -0.1) is 5.10 Å². The molecule has 0 saturated carbocycles. The van der Waals surface area contributed by atoms with E-state index in [1.807, 2.05) is 30.3 Å². The lowest BCUT2D eigenvalue weighted by molar-refractivity contribution is -0.113. The van der Waals surface area contributed by atoms with Gasteiger partial charge < -0.3 is 10.1 Å². The van der Waals surface area contributed by atoms with Gasteiger partial charge in [-0.25, -0.2) is 18.1 Å². The van der Waals surface area contributed by atoms with Crippen molar-refractivity contribution in [1.82, 2.24) is 19.1 Å². The Morgan fingerprint density at radius 1 is 1.06 bits per heavy atom. The molecule has 162 valence electrons. The third-order valence-electron chi connectivity index (χ3n) is 4.57. The summed E-state index contributed by atoms with van der Waals surface area (Å²) < 4.78 is 33.6. The second kappa shape index (κ2) is 9.60. The number of benzene rings is 2. The van der Waals surface area contributed by atoms with Crippen molar-refractivity contribution in [3.8, 4) is 5.69 Å². The Balaban J connectivity index is 1.31. The molecule has 0 bridgehead atoms. The van der Waals surface area contributed by atoms with Gasteiger partial charge in [0.1, 0.15) is 6.33 Å². The predicted octanol–water partition coefficient (Wildman–Crippen LogP) is 2.02. The summed E-state index contributed by atoms with van der Waals surface area (Å²) in [5, 5.41) is 7.60. The number of carbonyl (C=O) groups excluding carboxylic acids is 1. The highest BCUT2D eigenvalue weighted by atomic mass is 32.2. The third-order valence-corrected chi connectivity index (χ3v) is 7.33. The summed E-state index contributed by atoms with van der Waals surface area (Å²) in [7, 11) is -3.56. The van der Waals surface area contributed by atoms with Crippen LogP contribution in [0.2, 0.25) is 0 Å². The van der Waals surface area contributed by atoms with E-state index in [9.17, 15) is 13.2 Å². The van der Waals surface area contributed by atoms with Crippen LogP contribution < -0.4 is 5.32 Å². The summed E-state index contributed by atoms with van der Waals surface area (Å²) in [4.78, 5) is 16.7. The number of hydrogen-bond acceptors (Lipinski definition) is 7. The van der Waals surface area contributed by atoms with E-state index in [1.54, 1.807) is 23.1 Å². The number of hydrogen-bond donors (Lipinski definition) is 1. The van der Waals surface area contributed by atoms with Crippen molar-refractivity contribution in [3.63, 3.8) is 0 Å². The molecule has 2 aromatic carbocycles. The molecule has 9 nitrogen and oxygen atoms in total. The molecule has 1 saturated heterocycles. The number of ether oxygens (including phenoxy) is 1. The number of morpholine rings is 1. The second-order valence-electron chi connectivity index (χ2n) is 6.68. The average molecular weight is 460 g/mol. The number of amides is 1. The Morgan fingerprint density at radius 3 is 2.48 bits per heavy atom. The number of sulfonamides is 1. The van der Waals surface area contributed by atoms with E-state index in [2.05, 4.69) is 15.4 Å². The van der Waals surface area contributed by atoms with Crippen LogP contribution in [0, 0.1) is 0 Å². The Bertz CT molecular complexity index is 1130. The molecule has 0 aliphatic carbocycles. The number of carbonyl (C=O) groups is 1. The number of para-hydroxylation sites is 1. The molecular weight excluding hydrogens is 438 g/mol. The number of anilines is 1. The van der Waals surface area contributed by atoms with Crippen LogP contribution in [-0.4, -0.2) is 65.5 Å². The van der Waals surface area contributed by atoms with Crippen LogP contribution in [0.4, 0.5) is 5.69 Å². The molecule has 2 heterocycles. The van der Waals surface area contributed by atoms with Crippen LogP contribution in [0.5, 0.6) is 0 Å². The number of nitrogens with zero attached hydrogens (tertiary/aromatic N) is 4. The van der Waals surface area contributed by atoms with Crippen molar-refractivity contribution in [3.05, 3.63) is 60.9 Å². The van der Waals surface area contributed by atoms with Crippen molar-refractivity contribution >= 4 is 33.4 Å². The lowest BCUT2D eigenvalue weighted by Crippen LogP contribution is -2.40. The molecule has 1 aromatic heterocycles. The van der Waals surface area contributed by atoms with Gasteiger partial charge in [0.2, 0.25) is 21.1 Å². The molecule has 31 heavy (non-hydrogen) atoms. The molecule has 1 N–H and O–H groups in total. The fraction of sp³-hybridized carbons (Fsp3) is 0.250. The fourth-order valence-corrected chi connectivity index (χ4v) is 5.00. The van der Waals surface area contributed by atoms with Crippen LogP contribution in [0.3, 0.4) is 0 Å². The number of aromatic nitrogens is 3. The molecule has 4 rings (SSSR count). The third kappa shape index (κ3) is 5.31. The minimum Gasteiger partial charge on any atom is -0.379 e. The maximum atomic E-state index is 12.6. The van der Waals surface area contributed by atoms with Gasteiger partial charge in [-0.1, -0.05) is 30.0 Å². The highest BCUT2D eigenvalue weighted by Gasteiger charge is 2.26. The van der Waals surface area contributed by atoms with Gasteiger partial charge in [0.05, 0.1) is 29.5 Å². The quantitative estimate of drug-likeness (QED) is 0.539. The first-order chi connectivity index (χ1) is 15.0. The zero-order valence-electron chi connectivity index (χ0n) is 16.5. The molecule has 1 aliphatic heterocycles. The Hall–Kier alpha value is -2.73. The van der Waals surface area contributed by atoms with Crippen molar-refractivity contribution < 1.29 is 17.9 Å². The van der Waals surface area contributed by atoms with Crippen LogP contribution >= 0.6 is 11.8 Å². The molecule has 3 aromatic rings. The van der Waals surface area contributed by atoms with Gasteiger partial charge in [0, 0.05) is 18.8 Å². The first-order valence-electron chi connectivity index (χ1n) is 9.60. The normalized spacial score (nSPS) is 15.0. The monoisotopic (exact) mass is 459 g/mol. The van der Waals surface area contributed by atoms with Crippen LogP contribution in [-0.2, 0) is 19.6 Å². The van der Waals surface area contributed by atoms with Crippen molar-refractivity contribution in [1.29, 1.82) is 0 Å². The maximum Gasteiger partial charge on any atom is 0.243 e. The topological polar surface area (TPSA) is 106 Å². The second-order valence-corrected chi connectivity index (χ2v) is 9.57. The molecule has 0 radical (unpaired) electrons. The van der Waals surface area contributed by atoms with Crippen LogP contribution in [0.1, 0.15) is 0 Å². The molecule has 1 fully saturated rings. The van der Waals surface area contributed by atoms with E-state index in [0.29, 0.717) is 37.1 Å². The van der Waals surface area contributed by atoms with E-state index >= 15 is 0 Å². The highest BCUT2D eigenvalue weighted by molar-refractivity contribution is 7.99. The minimum absolute atomic E-state index is 0.132. The number of thioether (sulfide) groups is 1. The van der Waals surface area contributed by atoms with Crippen molar-refractivity contribution in [2.45, 2.75) is 10.1 Å². The lowest BCUT2D eigenvalue weighted by Gasteiger charge is -2.26. The Labute approximate surface area is 184 Å². The van der Waals surface area contributed by atoms with E-state index in [0.717, 1.165) is 5.69 Å². The summed E-state index contributed by atoms with van der Waals surface area (Å²) in [6.45, 7) is 1.46. The molecule has 0 atom stereocenters. The largest absolute Gasteiger partial charge is 0.379 e. The smallest absolute Gasteiger partial charge is 0.243 e. The molecule has 1 amide bonds. The Morgan fingerprint density at radius 2 is 1.77 bits per heavy atom. The van der Waals surface area contributed by atoms with Gasteiger partial charge in [-0.05, 0) is 36.4 Å². The van der Waals surface area contributed by atoms with E-state index < -0.39 is 10.0 Å². The summed E-state index contributed by atoms with van der Waals surface area (Å²) >= 11 is 1.22. The summed E-state index contributed by atoms with van der Waals surface area (Å²) in [6.07, 6.45) is 1.60. The summed E-state index contributed by atoms with van der Waals surface area (Å²) in [6, 6.07) is 15.7. The highest BCUT2D eigenvalue weighted by Crippen LogP contribution is 2.20. The van der Waals surface area contributed by atoms with E-state index in [-0.39, 0.29) is 16.6 Å². The molecular formula is C20H21N5O4S2. The fourth-order valence-electron chi connectivity index (χ4n) is 2.99. The van der Waals surface area contributed by atoms with E-state index in [4.69, 9.17) is 4.74 Å². The van der Waals surface area contributed by atoms with E-state index in [1.165, 1.54) is 28.2 Å². The van der Waals surface area contributed by atoms with Gasteiger partial charge in [-0.3, -0.25) is 4.79 Å². The van der Waals surface area contributed by atoms with Crippen molar-refractivity contribution in [2.24, 2.45) is 0 Å². The lowest BCUT2D eigenvalue weighted by atomic mass is 10.3. The average Bonchev–Trinajstić information content (AvgIpc) is 3.28. The van der Waals surface area contributed by atoms with Gasteiger partial charge in [-0.2, -0.15) is 4.31 Å². The summed E-state index contributed by atoms with van der Waals surface area (Å²) in [5.41, 5.74) is 1.41. The Kier molecular flexibility index (Phi) is 6.66. The molecule has 1 aliphatic rings. The molecule has 0 unspecified atom stereocenters. The zero-order chi connectivity index (χ0) is 21.7. The van der Waals surface area contributed by atoms with Gasteiger partial charge in [0.15, 0.2) is 0 Å². The maximum absolute atomic E-state index is 12.6. The minimum atomic E-state index is -3.56. The molecule has 11 heteroatoms. The van der Waals surface area contributed by atoms with Crippen LogP contribution in [0.25, 0.3) is 5.69 Å². The first-order valence-corrected chi connectivity index (χ1v) is 12.0. The number of nitrogens with one attached hydrogen (secondary N) is 1. The zero-order valence-corrected chi connectivity index (χ0v) is 18.2. The standard InChI is InChI=1S/C20H21N5O4S2/c26-19(14-30-20-21-15-25(23-20)17-4-2-1-3-5-17)22-16-6-8-18(9-7-16)31(27,28)24-10-12-29-13-11-24/h1-9,15H,10-14H2,(H,22,26). The van der Waals surface area contributed by atoms with Crippen LogP contribution in [0.15, 0.2) is 71.0 Å². The van der Waals surface area contributed by atoms with Gasteiger partial charge in [0.25, 0.3) is 0 Å². The number of rotatable bonds is 7. The first kappa shape index (κ1) is 21.5. The van der Waals surface area contributed by atoms with Gasteiger partial charge >= 0.3 is 0 Å².